The number of hydrogen-bond donors (Lipinski definition) is 0. The number of rotatable bonds is 2. The highest BCUT2D eigenvalue weighted by atomic mass is 32.1. The Kier molecular flexibility index (Phi) is 3.14. The summed E-state index contributed by atoms with van der Waals surface area (Å²) in [4.78, 5) is 12.1. The maximum atomic E-state index is 12.1. The molecule has 1 aliphatic rings. The van der Waals surface area contributed by atoms with E-state index in [9.17, 15) is 4.79 Å². The third-order valence-corrected chi connectivity index (χ3v) is 3.67. The summed E-state index contributed by atoms with van der Waals surface area (Å²) in [5.41, 5.74) is 0.561. The van der Waals surface area contributed by atoms with E-state index < -0.39 is 0 Å². The molecule has 0 radical (unpaired) electrons. The van der Waals surface area contributed by atoms with Gasteiger partial charge in [0.15, 0.2) is 5.78 Å². The van der Waals surface area contributed by atoms with Gasteiger partial charge in [-0.05, 0) is 42.6 Å². The minimum Gasteiger partial charge on any atom is -0.292 e. The quantitative estimate of drug-likeness (QED) is 0.725. The van der Waals surface area contributed by atoms with Crippen LogP contribution in [0.3, 0.4) is 0 Å². The molecule has 1 saturated carbocycles. The van der Waals surface area contributed by atoms with Gasteiger partial charge in [-0.2, -0.15) is 0 Å². The zero-order chi connectivity index (χ0) is 10.8. The topological polar surface area (TPSA) is 42.9 Å². The van der Waals surface area contributed by atoms with E-state index in [1.807, 2.05) is 0 Å². The maximum absolute atomic E-state index is 12.1. The lowest BCUT2D eigenvalue weighted by Gasteiger charge is -2.29. The highest BCUT2D eigenvalue weighted by Crippen LogP contribution is 2.34. The average molecular weight is 224 g/mol. The highest BCUT2D eigenvalue weighted by molar-refractivity contribution is 7.03. The minimum atomic E-state index is 0.174. The predicted molar refractivity (Wildman–Crippen MR) is 59.9 cm³/mol. The van der Waals surface area contributed by atoms with Crippen LogP contribution in [0, 0.1) is 17.8 Å². The van der Waals surface area contributed by atoms with Gasteiger partial charge in [0.1, 0.15) is 5.69 Å². The monoisotopic (exact) mass is 224 g/mol. The summed E-state index contributed by atoms with van der Waals surface area (Å²) in [7, 11) is 0. The number of carbonyl (C=O) groups excluding carboxylic acids is 1. The van der Waals surface area contributed by atoms with Crippen molar-refractivity contribution in [3.63, 3.8) is 0 Å². The molecule has 82 valence electrons. The van der Waals surface area contributed by atoms with E-state index in [4.69, 9.17) is 0 Å². The van der Waals surface area contributed by atoms with Crippen LogP contribution < -0.4 is 0 Å². The third kappa shape index (κ3) is 2.43. The fraction of sp³-hybridized carbons (Fsp3) is 0.727. The van der Waals surface area contributed by atoms with Gasteiger partial charge in [0, 0.05) is 11.3 Å². The van der Waals surface area contributed by atoms with Crippen molar-refractivity contribution in [3.05, 3.63) is 11.1 Å². The largest absolute Gasteiger partial charge is 0.292 e. The van der Waals surface area contributed by atoms with Gasteiger partial charge < -0.3 is 0 Å². The van der Waals surface area contributed by atoms with E-state index in [0.29, 0.717) is 17.5 Å². The smallest absolute Gasteiger partial charge is 0.187 e. The number of nitrogens with zero attached hydrogens (tertiary/aromatic N) is 2. The van der Waals surface area contributed by atoms with Crippen molar-refractivity contribution in [1.82, 2.24) is 9.59 Å². The van der Waals surface area contributed by atoms with Crippen LogP contribution in [0.15, 0.2) is 5.38 Å². The average Bonchev–Trinajstić information content (AvgIpc) is 2.67. The minimum absolute atomic E-state index is 0.174. The molecule has 15 heavy (non-hydrogen) atoms. The highest BCUT2D eigenvalue weighted by Gasteiger charge is 2.30. The van der Waals surface area contributed by atoms with Crippen LogP contribution in [0.2, 0.25) is 0 Å². The van der Waals surface area contributed by atoms with Crippen molar-refractivity contribution in [2.24, 2.45) is 17.8 Å². The van der Waals surface area contributed by atoms with Gasteiger partial charge in [0.2, 0.25) is 0 Å². The summed E-state index contributed by atoms with van der Waals surface area (Å²) in [5.74, 6) is 1.69. The van der Waals surface area contributed by atoms with E-state index in [-0.39, 0.29) is 11.7 Å². The molecule has 1 aromatic rings. The molecule has 0 aliphatic heterocycles. The van der Waals surface area contributed by atoms with Gasteiger partial charge in [-0.15, -0.1) is 5.10 Å². The van der Waals surface area contributed by atoms with E-state index in [1.54, 1.807) is 5.38 Å². The van der Waals surface area contributed by atoms with E-state index in [2.05, 4.69) is 23.4 Å². The van der Waals surface area contributed by atoms with E-state index in [1.165, 1.54) is 18.0 Å². The molecule has 4 heteroatoms. The van der Waals surface area contributed by atoms with Crippen molar-refractivity contribution < 1.29 is 4.79 Å². The lowest BCUT2D eigenvalue weighted by Crippen LogP contribution is -2.26. The number of hydrogen-bond acceptors (Lipinski definition) is 4. The molecule has 2 atom stereocenters. The lowest BCUT2D eigenvalue weighted by atomic mass is 9.75. The molecular weight excluding hydrogens is 208 g/mol. The Morgan fingerprint density at radius 3 is 2.53 bits per heavy atom. The number of Topliss-reactive ketones (excluding diaryl/α,β-unsaturated/α-hetero) is 1. The first-order valence-corrected chi connectivity index (χ1v) is 6.31. The fourth-order valence-electron chi connectivity index (χ4n) is 2.64. The van der Waals surface area contributed by atoms with Gasteiger partial charge in [0.05, 0.1) is 0 Å². The molecule has 2 rings (SSSR count). The van der Waals surface area contributed by atoms with Crippen molar-refractivity contribution in [2.45, 2.75) is 33.1 Å². The Hall–Kier alpha value is -0.770. The lowest BCUT2D eigenvalue weighted by molar-refractivity contribution is 0.0831. The Morgan fingerprint density at radius 2 is 2.00 bits per heavy atom. The van der Waals surface area contributed by atoms with Crippen LogP contribution in [0.1, 0.15) is 43.6 Å². The van der Waals surface area contributed by atoms with Crippen LogP contribution in [0.4, 0.5) is 0 Å². The standard InChI is InChI=1S/C11H16N2OS/c1-7-3-8(2)5-9(4-7)11(14)10-6-15-13-12-10/h6-9H,3-5H2,1-2H3. The van der Waals surface area contributed by atoms with Crippen molar-refractivity contribution in [3.8, 4) is 0 Å². The molecule has 0 N–H and O–H groups in total. The zero-order valence-electron chi connectivity index (χ0n) is 9.14. The molecule has 1 aliphatic carbocycles. The molecule has 0 spiro atoms. The Morgan fingerprint density at radius 1 is 1.33 bits per heavy atom. The number of aromatic nitrogens is 2. The SMILES string of the molecule is CC1CC(C)CC(C(=O)c2csnn2)C1. The molecule has 2 unspecified atom stereocenters. The van der Waals surface area contributed by atoms with Crippen molar-refractivity contribution >= 4 is 17.3 Å². The second-order valence-corrected chi connectivity index (χ2v) is 5.38. The van der Waals surface area contributed by atoms with E-state index >= 15 is 0 Å². The van der Waals surface area contributed by atoms with Gasteiger partial charge in [-0.25, -0.2) is 0 Å². The molecule has 0 bridgehead atoms. The normalized spacial score (nSPS) is 31.5. The summed E-state index contributed by atoms with van der Waals surface area (Å²) in [6.45, 7) is 4.46. The van der Waals surface area contributed by atoms with Gasteiger partial charge >= 0.3 is 0 Å². The van der Waals surface area contributed by atoms with Crippen LogP contribution in [0.5, 0.6) is 0 Å². The Bertz CT molecular complexity index is 326. The van der Waals surface area contributed by atoms with Crippen LogP contribution >= 0.6 is 11.5 Å². The molecule has 1 aromatic heterocycles. The first kappa shape index (κ1) is 10.7. The number of ketones is 1. The molecule has 3 nitrogen and oxygen atoms in total. The summed E-state index contributed by atoms with van der Waals surface area (Å²) < 4.78 is 3.75. The Balaban J connectivity index is 2.07. The van der Waals surface area contributed by atoms with Crippen LogP contribution in [-0.4, -0.2) is 15.4 Å². The molecule has 1 fully saturated rings. The van der Waals surface area contributed by atoms with Crippen LogP contribution in [0.25, 0.3) is 0 Å². The fourth-order valence-corrected chi connectivity index (χ4v) is 3.09. The third-order valence-electron chi connectivity index (χ3n) is 3.16. The number of carbonyl (C=O) groups is 1. The maximum Gasteiger partial charge on any atom is 0.187 e. The Labute approximate surface area is 94.1 Å². The summed E-state index contributed by atoms with van der Waals surface area (Å²) >= 11 is 1.25. The van der Waals surface area contributed by atoms with Gasteiger partial charge in [-0.3, -0.25) is 4.79 Å². The summed E-state index contributed by atoms with van der Waals surface area (Å²) in [5, 5.41) is 5.62. The molecule has 0 amide bonds. The second kappa shape index (κ2) is 4.39. The summed E-state index contributed by atoms with van der Waals surface area (Å²) in [6, 6.07) is 0. The predicted octanol–water partition coefficient (Wildman–Crippen LogP) is 2.79. The van der Waals surface area contributed by atoms with Crippen molar-refractivity contribution in [1.29, 1.82) is 0 Å². The molecule has 0 aromatic carbocycles. The second-order valence-electron chi connectivity index (χ2n) is 4.77. The summed E-state index contributed by atoms with van der Waals surface area (Å²) in [6.07, 6.45) is 3.28. The van der Waals surface area contributed by atoms with Gasteiger partial charge in [-0.1, -0.05) is 18.3 Å². The van der Waals surface area contributed by atoms with Crippen LogP contribution in [-0.2, 0) is 0 Å². The molecule has 1 heterocycles. The molecule has 0 saturated heterocycles. The zero-order valence-corrected chi connectivity index (χ0v) is 9.96. The first-order chi connectivity index (χ1) is 7.16. The van der Waals surface area contributed by atoms with E-state index in [0.717, 1.165) is 12.8 Å². The van der Waals surface area contributed by atoms with Gasteiger partial charge in [0.25, 0.3) is 0 Å². The van der Waals surface area contributed by atoms with Crippen molar-refractivity contribution in [2.75, 3.05) is 0 Å². The molecular formula is C11H16N2OS. The first-order valence-electron chi connectivity index (χ1n) is 5.48.